The molecule has 0 saturated heterocycles. The molecule has 0 amide bonds. The molecule has 0 aromatic carbocycles. The van der Waals surface area contributed by atoms with Crippen LogP contribution in [0.2, 0.25) is 0 Å². The third-order valence-corrected chi connectivity index (χ3v) is 4.52. The van der Waals surface area contributed by atoms with Crippen molar-refractivity contribution in [2.45, 2.75) is 34.2 Å². The number of pyridine rings is 1. The van der Waals surface area contributed by atoms with E-state index >= 15 is 0 Å². The van der Waals surface area contributed by atoms with Crippen molar-refractivity contribution in [2.75, 3.05) is 13.1 Å². The summed E-state index contributed by atoms with van der Waals surface area (Å²) in [5.41, 5.74) is 6.99. The zero-order valence-corrected chi connectivity index (χ0v) is 14.9. The van der Waals surface area contributed by atoms with Crippen molar-refractivity contribution in [3.8, 4) is 0 Å². The number of aliphatic imine (C=N–C) groups is 1. The van der Waals surface area contributed by atoms with Gasteiger partial charge in [0.05, 0.1) is 11.4 Å². The van der Waals surface area contributed by atoms with Gasteiger partial charge >= 0.3 is 0 Å². The van der Waals surface area contributed by atoms with Crippen LogP contribution in [0.4, 0.5) is 0 Å². The number of aromatic nitrogens is 3. The molecule has 0 spiro atoms. The molecule has 2 aromatic heterocycles. The molecule has 3 rings (SSSR count). The predicted octanol–water partition coefficient (Wildman–Crippen LogP) is 2.90. The topological polar surface area (TPSA) is 55.1 Å². The Morgan fingerprint density at radius 3 is 2.71 bits per heavy atom. The van der Waals surface area contributed by atoms with Gasteiger partial charge in [-0.25, -0.2) is 0 Å². The van der Waals surface area contributed by atoms with E-state index in [4.69, 9.17) is 4.99 Å². The molecule has 0 bridgehead atoms. The van der Waals surface area contributed by atoms with Gasteiger partial charge in [0.15, 0.2) is 0 Å². The van der Waals surface area contributed by atoms with E-state index in [9.17, 15) is 0 Å². The Hall–Kier alpha value is -2.27. The molecule has 5 heteroatoms. The third kappa shape index (κ3) is 3.62. The molecule has 1 unspecified atom stereocenters. The minimum absolute atomic E-state index is 0.405. The Bertz CT molecular complexity index is 770. The van der Waals surface area contributed by atoms with E-state index in [1.165, 1.54) is 17.0 Å². The number of nitrogens with zero attached hydrogens (tertiary/aromatic N) is 4. The molecule has 1 N–H and O–H groups in total. The number of aryl methyl sites for hydroxylation is 2. The Labute approximate surface area is 143 Å². The number of nitrogens with one attached hydrogen (secondary N) is 1. The van der Waals surface area contributed by atoms with Crippen molar-refractivity contribution in [3.63, 3.8) is 0 Å². The largest absolute Gasteiger partial charge is 0.307 e. The van der Waals surface area contributed by atoms with Gasteiger partial charge in [0, 0.05) is 49.4 Å². The Kier molecular flexibility index (Phi) is 4.90. The quantitative estimate of drug-likeness (QED) is 0.861. The summed E-state index contributed by atoms with van der Waals surface area (Å²) in [6.45, 7) is 11.1. The first-order valence-electron chi connectivity index (χ1n) is 8.44. The van der Waals surface area contributed by atoms with Crippen LogP contribution in [0.5, 0.6) is 0 Å². The highest BCUT2D eigenvalue weighted by Gasteiger charge is 2.20. The first-order valence-corrected chi connectivity index (χ1v) is 8.44. The normalized spacial score (nSPS) is 16.8. The van der Waals surface area contributed by atoms with Crippen LogP contribution in [0.3, 0.4) is 0 Å². The second kappa shape index (κ2) is 7.09. The molecule has 5 nitrogen and oxygen atoms in total. The molecule has 24 heavy (non-hydrogen) atoms. The summed E-state index contributed by atoms with van der Waals surface area (Å²) >= 11 is 0. The highest BCUT2D eigenvalue weighted by molar-refractivity contribution is 5.99. The molecule has 1 aliphatic heterocycles. The molecule has 3 heterocycles. The molecular weight excluding hydrogens is 298 g/mol. The summed E-state index contributed by atoms with van der Waals surface area (Å²) in [5, 5.41) is 8.03. The van der Waals surface area contributed by atoms with E-state index in [1.807, 2.05) is 31.5 Å². The van der Waals surface area contributed by atoms with Crippen molar-refractivity contribution in [2.24, 2.45) is 10.9 Å². The Morgan fingerprint density at radius 1 is 1.29 bits per heavy atom. The summed E-state index contributed by atoms with van der Waals surface area (Å²) in [7, 11) is 0. The van der Waals surface area contributed by atoms with Crippen LogP contribution in [0.15, 0.2) is 46.9 Å². The van der Waals surface area contributed by atoms with Crippen LogP contribution in [-0.4, -0.2) is 33.6 Å². The fraction of sp³-hybridized carbons (Fsp3) is 0.421. The standard InChI is InChI=1S/C19H25N5/c1-13(12-24-15(3)9-14(2)23-24)18-10-21-11-19(18)22-16(4)17-5-7-20-8-6-17/h5-9,13,21H,10-12H2,1-4H3. The highest BCUT2D eigenvalue weighted by atomic mass is 15.3. The summed E-state index contributed by atoms with van der Waals surface area (Å²) in [6, 6.07) is 6.13. The van der Waals surface area contributed by atoms with Crippen molar-refractivity contribution in [1.82, 2.24) is 20.1 Å². The lowest BCUT2D eigenvalue weighted by Crippen LogP contribution is -2.16. The Balaban J connectivity index is 1.82. The van der Waals surface area contributed by atoms with Gasteiger partial charge in [-0.1, -0.05) is 6.92 Å². The molecule has 1 atom stereocenters. The lowest BCUT2D eigenvalue weighted by molar-refractivity contribution is 0.484. The summed E-state index contributed by atoms with van der Waals surface area (Å²) in [6.07, 6.45) is 3.62. The summed E-state index contributed by atoms with van der Waals surface area (Å²) in [4.78, 5) is 8.97. The maximum Gasteiger partial charge on any atom is 0.0596 e. The van der Waals surface area contributed by atoms with Gasteiger partial charge in [0.25, 0.3) is 0 Å². The molecule has 126 valence electrons. The minimum atomic E-state index is 0.405. The second-order valence-electron chi connectivity index (χ2n) is 6.52. The van der Waals surface area contributed by atoms with Gasteiger partial charge in [0.1, 0.15) is 0 Å². The van der Waals surface area contributed by atoms with Crippen molar-refractivity contribution < 1.29 is 0 Å². The van der Waals surface area contributed by atoms with Crippen molar-refractivity contribution in [3.05, 3.63) is 58.8 Å². The Morgan fingerprint density at radius 2 is 2.04 bits per heavy atom. The first kappa shape index (κ1) is 16.6. The van der Waals surface area contributed by atoms with E-state index in [0.29, 0.717) is 5.92 Å². The lowest BCUT2D eigenvalue weighted by Gasteiger charge is -2.15. The fourth-order valence-electron chi connectivity index (χ4n) is 3.19. The minimum Gasteiger partial charge on any atom is -0.307 e. The van der Waals surface area contributed by atoms with Crippen LogP contribution >= 0.6 is 0 Å². The van der Waals surface area contributed by atoms with Crippen LogP contribution in [0.25, 0.3) is 0 Å². The maximum atomic E-state index is 4.89. The molecule has 1 aliphatic rings. The number of hydrogen-bond acceptors (Lipinski definition) is 4. The SMILES string of the molecule is CC(=NC1=C(C(C)Cn2nc(C)cc2C)CNC1)c1ccncc1. The maximum absolute atomic E-state index is 4.89. The van der Waals surface area contributed by atoms with E-state index < -0.39 is 0 Å². The number of rotatable bonds is 5. The highest BCUT2D eigenvalue weighted by Crippen LogP contribution is 2.22. The third-order valence-electron chi connectivity index (χ3n) is 4.52. The summed E-state index contributed by atoms with van der Waals surface area (Å²) in [5.74, 6) is 0.405. The lowest BCUT2D eigenvalue weighted by atomic mass is 10.0. The van der Waals surface area contributed by atoms with E-state index in [1.54, 1.807) is 0 Å². The zero-order valence-electron chi connectivity index (χ0n) is 14.9. The van der Waals surface area contributed by atoms with Crippen LogP contribution in [0, 0.1) is 19.8 Å². The van der Waals surface area contributed by atoms with E-state index in [2.05, 4.69) is 46.9 Å². The van der Waals surface area contributed by atoms with Gasteiger partial charge in [-0.2, -0.15) is 5.10 Å². The van der Waals surface area contributed by atoms with Gasteiger partial charge in [-0.3, -0.25) is 14.7 Å². The average Bonchev–Trinajstić information content (AvgIpc) is 3.14. The van der Waals surface area contributed by atoms with Crippen molar-refractivity contribution in [1.29, 1.82) is 0 Å². The van der Waals surface area contributed by atoms with Crippen LogP contribution < -0.4 is 5.32 Å². The van der Waals surface area contributed by atoms with Crippen LogP contribution in [-0.2, 0) is 6.54 Å². The second-order valence-corrected chi connectivity index (χ2v) is 6.52. The monoisotopic (exact) mass is 323 g/mol. The summed E-state index contributed by atoms with van der Waals surface area (Å²) < 4.78 is 2.10. The predicted molar refractivity (Wildman–Crippen MR) is 97.2 cm³/mol. The smallest absolute Gasteiger partial charge is 0.0596 e. The molecule has 0 aliphatic carbocycles. The van der Waals surface area contributed by atoms with Gasteiger partial charge < -0.3 is 5.32 Å². The van der Waals surface area contributed by atoms with E-state index in [0.717, 1.165) is 36.6 Å². The van der Waals surface area contributed by atoms with Crippen molar-refractivity contribution >= 4 is 5.71 Å². The van der Waals surface area contributed by atoms with Gasteiger partial charge in [-0.15, -0.1) is 0 Å². The average molecular weight is 323 g/mol. The molecule has 0 fully saturated rings. The first-order chi connectivity index (χ1) is 11.5. The molecular formula is C19H25N5. The van der Waals surface area contributed by atoms with Gasteiger partial charge in [0.2, 0.25) is 0 Å². The molecule has 2 aromatic rings. The molecule has 0 radical (unpaired) electrons. The van der Waals surface area contributed by atoms with E-state index in [-0.39, 0.29) is 0 Å². The van der Waals surface area contributed by atoms with Gasteiger partial charge in [-0.05, 0) is 50.1 Å². The number of hydrogen-bond donors (Lipinski definition) is 1. The molecule has 0 saturated carbocycles. The van der Waals surface area contributed by atoms with Crippen LogP contribution in [0.1, 0.15) is 30.8 Å². The zero-order chi connectivity index (χ0) is 17.1. The fourth-order valence-corrected chi connectivity index (χ4v) is 3.19.